The molecule has 0 radical (unpaired) electrons. The Kier molecular flexibility index (Phi) is 5.76. The number of hydrogen-bond donors (Lipinski definition) is 1. The lowest BCUT2D eigenvalue weighted by Gasteiger charge is -2.09. The minimum absolute atomic E-state index is 0.512. The molecule has 0 saturated carbocycles. The highest BCUT2D eigenvalue weighted by atomic mass is 32.1. The monoisotopic (exact) mass is 304 g/mol. The Labute approximate surface area is 131 Å². The second kappa shape index (κ2) is 7.57. The summed E-state index contributed by atoms with van der Waals surface area (Å²) in [7, 11) is 0. The summed E-state index contributed by atoms with van der Waals surface area (Å²) in [5.41, 5.74) is 2.07. The van der Waals surface area contributed by atoms with Gasteiger partial charge in [-0.2, -0.15) is 0 Å². The predicted octanol–water partition coefficient (Wildman–Crippen LogP) is 4.09. The van der Waals surface area contributed by atoms with Gasteiger partial charge in [0.15, 0.2) is 0 Å². The molecule has 0 saturated heterocycles. The van der Waals surface area contributed by atoms with Crippen LogP contribution in [0, 0.1) is 6.92 Å². The van der Waals surface area contributed by atoms with E-state index in [1.807, 2.05) is 19.1 Å². The SMILES string of the molecule is CCc1nc(C)ccc1OCc1ccc(CNC(C)C)s1. The van der Waals surface area contributed by atoms with Crippen molar-refractivity contribution in [3.8, 4) is 5.75 Å². The van der Waals surface area contributed by atoms with Gasteiger partial charge in [0.2, 0.25) is 0 Å². The second-order valence-electron chi connectivity index (χ2n) is 5.44. The molecule has 21 heavy (non-hydrogen) atoms. The van der Waals surface area contributed by atoms with Crippen molar-refractivity contribution >= 4 is 11.3 Å². The molecule has 0 fully saturated rings. The molecule has 2 rings (SSSR count). The Morgan fingerprint density at radius 3 is 2.67 bits per heavy atom. The van der Waals surface area contributed by atoms with Gasteiger partial charge in [-0.25, -0.2) is 0 Å². The van der Waals surface area contributed by atoms with Crippen LogP contribution in [0.2, 0.25) is 0 Å². The molecule has 114 valence electrons. The largest absolute Gasteiger partial charge is 0.486 e. The van der Waals surface area contributed by atoms with Gasteiger partial charge < -0.3 is 10.1 Å². The Morgan fingerprint density at radius 1 is 1.19 bits per heavy atom. The average molecular weight is 304 g/mol. The average Bonchev–Trinajstić information content (AvgIpc) is 2.91. The number of aromatic nitrogens is 1. The molecule has 2 aromatic heterocycles. The van der Waals surface area contributed by atoms with Gasteiger partial charge in [0.05, 0.1) is 5.69 Å². The zero-order chi connectivity index (χ0) is 15.2. The molecule has 2 aromatic rings. The third-order valence-electron chi connectivity index (χ3n) is 3.18. The van der Waals surface area contributed by atoms with Gasteiger partial charge in [-0.05, 0) is 37.6 Å². The molecular formula is C17H24N2OS. The van der Waals surface area contributed by atoms with Crippen LogP contribution in [0.4, 0.5) is 0 Å². The zero-order valence-corrected chi connectivity index (χ0v) is 14.1. The van der Waals surface area contributed by atoms with Gasteiger partial charge in [0, 0.05) is 28.0 Å². The summed E-state index contributed by atoms with van der Waals surface area (Å²) >= 11 is 1.80. The third-order valence-corrected chi connectivity index (χ3v) is 4.24. The number of ether oxygens (including phenoxy) is 1. The summed E-state index contributed by atoms with van der Waals surface area (Å²) < 4.78 is 5.94. The van der Waals surface area contributed by atoms with Crippen molar-refractivity contribution in [2.24, 2.45) is 0 Å². The Bertz CT molecular complexity index is 578. The number of nitrogens with one attached hydrogen (secondary N) is 1. The molecule has 0 aliphatic carbocycles. The molecule has 0 unspecified atom stereocenters. The van der Waals surface area contributed by atoms with Crippen LogP contribution in [-0.4, -0.2) is 11.0 Å². The second-order valence-corrected chi connectivity index (χ2v) is 6.70. The van der Waals surface area contributed by atoms with E-state index in [1.54, 1.807) is 11.3 Å². The van der Waals surface area contributed by atoms with E-state index < -0.39 is 0 Å². The maximum absolute atomic E-state index is 5.94. The van der Waals surface area contributed by atoms with E-state index in [2.05, 4.69) is 43.2 Å². The fourth-order valence-electron chi connectivity index (χ4n) is 2.03. The number of hydrogen-bond acceptors (Lipinski definition) is 4. The first kappa shape index (κ1) is 16.0. The van der Waals surface area contributed by atoms with Gasteiger partial charge in [0.1, 0.15) is 12.4 Å². The lowest BCUT2D eigenvalue weighted by Crippen LogP contribution is -2.21. The molecule has 1 N–H and O–H groups in total. The summed E-state index contributed by atoms with van der Waals surface area (Å²) in [5, 5.41) is 3.43. The van der Waals surface area contributed by atoms with Crippen LogP contribution in [0.5, 0.6) is 5.75 Å². The Hall–Kier alpha value is -1.39. The number of rotatable bonds is 7. The first-order chi connectivity index (χ1) is 10.1. The number of nitrogens with zero attached hydrogens (tertiary/aromatic N) is 1. The molecule has 0 amide bonds. The minimum Gasteiger partial charge on any atom is -0.486 e. The van der Waals surface area contributed by atoms with E-state index in [9.17, 15) is 0 Å². The Balaban J connectivity index is 1.94. The smallest absolute Gasteiger partial charge is 0.141 e. The summed E-state index contributed by atoms with van der Waals surface area (Å²) in [6, 6.07) is 8.86. The first-order valence-corrected chi connectivity index (χ1v) is 8.30. The van der Waals surface area contributed by atoms with E-state index >= 15 is 0 Å². The van der Waals surface area contributed by atoms with Crippen molar-refractivity contribution in [3.63, 3.8) is 0 Å². The van der Waals surface area contributed by atoms with E-state index in [4.69, 9.17) is 4.74 Å². The van der Waals surface area contributed by atoms with Crippen LogP contribution in [0.3, 0.4) is 0 Å². The maximum Gasteiger partial charge on any atom is 0.141 e. The summed E-state index contributed by atoms with van der Waals surface area (Å²) in [4.78, 5) is 7.12. The quantitative estimate of drug-likeness (QED) is 0.836. The van der Waals surface area contributed by atoms with Crippen molar-refractivity contribution in [2.45, 2.75) is 53.3 Å². The van der Waals surface area contributed by atoms with E-state index in [0.29, 0.717) is 12.6 Å². The van der Waals surface area contributed by atoms with Gasteiger partial charge in [0.25, 0.3) is 0 Å². The van der Waals surface area contributed by atoms with Crippen molar-refractivity contribution in [1.82, 2.24) is 10.3 Å². The van der Waals surface area contributed by atoms with Crippen molar-refractivity contribution in [2.75, 3.05) is 0 Å². The topological polar surface area (TPSA) is 34.1 Å². The number of aryl methyl sites for hydroxylation is 2. The van der Waals surface area contributed by atoms with Crippen LogP contribution in [0.1, 0.15) is 41.9 Å². The predicted molar refractivity (Wildman–Crippen MR) is 89.0 cm³/mol. The zero-order valence-electron chi connectivity index (χ0n) is 13.3. The number of thiophene rings is 1. The fourth-order valence-corrected chi connectivity index (χ4v) is 2.91. The highest BCUT2D eigenvalue weighted by Gasteiger charge is 2.06. The molecular weight excluding hydrogens is 280 g/mol. The van der Waals surface area contributed by atoms with Crippen LogP contribution in [-0.2, 0) is 19.6 Å². The molecule has 0 aromatic carbocycles. The lowest BCUT2D eigenvalue weighted by atomic mass is 10.2. The Morgan fingerprint density at radius 2 is 1.95 bits per heavy atom. The molecule has 0 atom stereocenters. The minimum atomic E-state index is 0.512. The van der Waals surface area contributed by atoms with E-state index in [1.165, 1.54) is 9.75 Å². The van der Waals surface area contributed by atoms with Crippen LogP contribution in [0.15, 0.2) is 24.3 Å². The van der Waals surface area contributed by atoms with Crippen LogP contribution in [0.25, 0.3) is 0 Å². The molecule has 0 bridgehead atoms. The summed E-state index contributed by atoms with van der Waals surface area (Å²) in [5.74, 6) is 0.901. The van der Waals surface area contributed by atoms with E-state index in [0.717, 1.165) is 30.1 Å². The van der Waals surface area contributed by atoms with Crippen molar-refractivity contribution in [1.29, 1.82) is 0 Å². The van der Waals surface area contributed by atoms with Gasteiger partial charge >= 0.3 is 0 Å². The molecule has 2 heterocycles. The summed E-state index contributed by atoms with van der Waals surface area (Å²) in [6.45, 7) is 9.98. The fraction of sp³-hybridized carbons (Fsp3) is 0.471. The van der Waals surface area contributed by atoms with Gasteiger partial charge in [-0.15, -0.1) is 11.3 Å². The molecule has 0 spiro atoms. The highest BCUT2D eigenvalue weighted by Crippen LogP contribution is 2.22. The first-order valence-electron chi connectivity index (χ1n) is 7.48. The maximum atomic E-state index is 5.94. The summed E-state index contributed by atoms with van der Waals surface area (Å²) in [6.07, 6.45) is 0.894. The standard InChI is InChI=1S/C17H24N2OS/c1-5-16-17(9-6-13(4)19-16)20-11-15-8-7-14(21-15)10-18-12(2)3/h6-9,12,18H,5,10-11H2,1-4H3. The van der Waals surface area contributed by atoms with Gasteiger partial charge in [-0.3, -0.25) is 4.98 Å². The van der Waals surface area contributed by atoms with Crippen LogP contribution >= 0.6 is 11.3 Å². The van der Waals surface area contributed by atoms with Crippen LogP contribution < -0.4 is 10.1 Å². The van der Waals surface area contributed by atoms with E-state index in [-0.39, 0.29) is 0 Å². The molecule has 4 heteroatoms. The van der Waals surface area contributed by atoms with Crippen molar-refractivity contribution < 1.29 is 4.74 Å². The molecule has 0 aliphatic heterocycles. The highest BCUT2D eigenvalue weighted by molar-refractivity contribution is 7.11. The third kappa shape index (κ3) is 4.83. The molecule has 0 aliphatic rings. The van der Waals surface area contributed by atoms with Gasteiger partial charge in [-0.1, -0.05) is 20.8 Å². The normalized spacial score (nSPS) is 11.1. The number of pyridine rings is 1. The lowest BCUT2D eigenvalue weighted by molar-refractivity contribution is 0.305. The molecule has 3 nitrogen and oxygen atoms in total. The van der Waals surface area contributed by atoms with Crippen molar-refractivity contribution in [3.05, 3.63) is 45.4 Å².